The van der Waals surface area contributed by atoms with E-state index in [0.29, 0.717) is 6.42 Å². The minimum absolute atomic E-state index is 0.160. The highest BCUT2D eigenvalue weighted by Crippen LogP contribution is 2.15. The number of hydrogen-bond acceptors (Lipinski definition) is 2. The SMILES string of the molecule is CC(C)(N)CCC(=O)Cc1c(F)cccc1F. The highest BCUT2D eigenvalue weighted by Gasteiger charge is 2.16. The third-order valence-electron chi connectivity index (χ3n) is 2.48. The Bertz CT molecular complexity index is 390. The summed E-state index contributed by atoms with van der Waals surface area (Å²) in [5.74, 6) is -1.55. The summed E-state index contributed by atoms with van der Waals surface area (Å²) in [7, 11) is 0. The summed E-state index contributed by atoms with van der Waals surface area (Å²) in [4.78, 5) is 11.6. The first-order chi connectivity index (χ1) is 7.79. The van der Waals surface area contributed by atoms with Crippen molar-refractivity contribution in [1.29, 1.82) is 0 Å². The predicted octanol–water partition coefficient (Wildman–Crippen LogP) is 2.59. The quantitative estimate of drug-likeness (QED) is 0.861. The van der Waals surface area contributed by atoms with Gasteiger partial charge < -0.3 is 5.73 Å². The van der Waals surface area contributed by atoms with E-state index in [0.717, 1.165) is 12.1 Å². The van der Waals surface area contributed by atoms with Crippen LogP contribution in [0.2, 0.25) is 0 Å². The fourth-order valence-corrected chi connectivity index (χ4v) is 1.45. The van der Waals surface area contributed by atoms with Gasteiger partial charge in [0.05, 0.1) is 0 Å². The van der Waals surface area contributed by atoms with Gasteiger partial charge in [0.25, 0.3) is 0 Å². The smallest absolute Gasteiger partial charge is 0.137 e. The van der Waals surface area contributed by atoms with E-state index in [4.69, 9.17) is 5.73 Å². The molecule has 0 aliphatic carbocycles. The minimum atomic E-state index is -0.676. The first-order valence-corrected chi connectivity index (χ1v) is 5.53. The zero-order chi connectivity index (χ0) is 13.1. The zero-order valence-corrected chi connectivity index (χ0v) is 10.1. The van der Waals surface area contributed by atoms with Gasteiger partial charge in [-0.25, -0.2) is 8.78 Å². The number of rotatable bonds is 5. The average Bonchev–Trinajstić information content (AvgIpc) is 2.20. The van der Waals surface area contributed by atoms with E-state index in [1.807, 2.05) is 13.8 Å². The van der Waals surface area contributed by atoms with E-state index < -0.39 is 17.2 Å². The highest BCUT2D eigenvalue weighted by atomic mass is 19.1. The first kappa shape index (κ1) is 13.8. The number of Topliss-reactive ketones (excluding diaryl/α,β-unsaturated/α-hetero) is 1. The molecule has 2 nitrogen and oxygen atoms in total. The Labute approximate surface area is 99.8 Å². The molecule has 0 unspecified atom stereocenters. The first-order valence-electron chi connectivity index (χ1n) is 5.53. The van der Waals surface area contributed by atoms with E-state index in [9.17, 15) is 13.6 Å². The molecule has 0 aliphatic heterocycles. The average molecular weight is 241 g/mol. The summed E-state index contributed by atoms with van der Waals surface area (Å²) < 4.78 is 26.5. The van der Waals surface area contributed by atoms with Crippen molar-refractivity contribution in [3.63, 3.8) is 0 Å². The van der Waals surface area contributed by atoms with Crippen LogP contribution in [0.15, 0.2) is 18.2 Å². The molecule has 17 heavy (non-hydrogen) atoms. The molecule has 0 saturated carbocycles. The van der Waals surface area contributed by atoms with Crippen LogP contribution in [-0.2, 0) is 11.2 Å². The van der Waals surface area contributed by atoms with Gasteiger partial charge in [0.1, 0.15) is 17.4 Å². The van der Waals surface area contributed by atoms with Gasteiger partial charge >= 0.3 is 0 Å². The molecular formula is C13H17F2NO. The summed E-state index contributed by atoms with van der Waals surface area (Å²) in [5.41, 5.74) is 5.14. The standard InChI is InChI=1S/C13H17F2NO/c1-13(2,16)7-6-9(17)8-10-11(14)4-3-5-12(10)15/h3-5H,6-8,16H2,1-2H3. The molecule has 0 atom stereocenters. The second-order valence-corrected chi connectivity index (χ2v) is 4.90. The molecule has 0 heterocycles. The third kappa shape index (κ3) is 4.61. The van der Waals surface area contributed by atoms with Crippen LogP contribution in [0.3, 0.4) is 0 Å². The van der Waals surface area contributed by atoms with E-state index in [-0.39, 0.29) is 24.2 Å². The van der Waals surface area contributed by atoms with Crippen LogP contribution in [0.5, 0.6) is 0 Å². The van der Waals surface area contributed by atoms with Crippen molar-refractivity contribution in [2.45, 2.75) is 38.6 Å². The van der Waals surface area contributed by atoms with E-state index >= 15 is 0 Å². The fourth-order valence-electron chi connectivity index (χ4n) is 1.45. The van der Waals surface area contributed by atoms with Crippen molar-refractivity contribution >= 4 is 5.78 Å². The maximum absolute atomic E-state index is 13.3. The molecule has 0 aliphatic rings. The molecule has 1 aromatic rings. The lowest BCUT2D eigenvalue weighted by Crippen LogP contribution is -2.32. The van der Waals surface area contributed by atoms with Gasteiger partial charge in [-0.05, 0) is 32.4 Å². The van der Waals surface area contributed by atoms with Crippen LogP contribution in [-0.4, -0.2) is 11.3 Å². The molecule has 1 rings (SSSR count). The van der Waals surface area contributed by atoms with E-state index in [1.54, 1.807) is 0 Å². The van der Waals surface area contributed by atoms with Crippen molar-refractivity contribution in [3.05, 3.63) is 35.4 Å². The van der Waals surface area contributed by atoms with Gasteiger partial charge in [0.2, 0.25) is 0 Å². The molecule has 0 saturated heterocycles. The van der Waals surface area contributed by atoms with E-state index in [1.165, 1.54) is 6.07 Å². The maximum Gasteiger partial charge on any atom is 0.137 e. The van der Waals surface area contributed by atoms with Crippen molar-refractivity contribution in [3.8, 4) is 0 Å². The lowest BCUT2D eigenvalue weighted by Gasteiger charge is -2.17. The Morgan fingerprint density at radius 2 is 1.82 bits per heavy atom. The molecule has 94 valence electrons. The van der Waals surface area contributed by atoms with Crippen molar-refractivity contribution in [2.24, 2.45) is 5.73 Å². The third-order valence-corrected chi connectivity index (χ3v) is 2.48. The molecular weight excluding hydrogens is 224 g/mol. The number of carbonyl (C=O) groups is 1. The van der Waals surface area contributed by atoms with Crippen LogP contribution in [0.4, 0.5) is 8.78 Å². The predicted molar refractivity (Wildman–Crippen MR) is 62.6 cm³/mol. The molecule has 0 fully saturated rings. The van der Waals surface area contributed by atoms with Crippen LogP contribution >= 0.6 is 0 Å². The molecule has 0 spiro atoms. The maximum atomic E-state index is 13.3. The molecule has 0 bridgehead atoms. The zero-order valence-electron chi connectivity index (χ0n) is 10.1. The molecule has 1 aromatic carbocycles. The summed E-state index contributed by atoms with van der Waals surface area (Å²) in [6.45, 7) is 3.62. The number of carbonyl (C=O) groups excluding carboxylic acids is 1. The lowest BCUT2D eigenvalue weighted by atomic mass is 9.96. The number of halogens is 2. The topological polar surface area (TPSA) is 43.1 Å². The van der Waals surface area contributed by atoms with Crippen LogP contribution in [0.1, 0.15) is 32.3 Å². The molecule has 2 N–H and O–H groups in total. The highest BCUT2D eigenvalue weighted by molar-refractivity contribution is 5.81. The summed E-state index contributed by atoms with van der Waals surface area (Å²) in [6, 6.07) is 3.58. The van der Waals surface area contributed by atoms with Gasteiger partial charge in [-0.1, -0.05) is 6.07 Å². The molecule has 4 heteroatoms. The Morgan fingerprint density at radius 3 is 2.29 bits per heavy atom. The molecule has 0 aromatic heterocycles. The normalized spacial score (nSPS) is 11.6. The van der Waals surface area contributed by atoms with Crippen molar-refractivity contribution in [1.82, 2.24) is 0 Å². The van der Waals surface area contributed by atoms with Gasteiger partial charge in [0.15, 0.2) is 0 Å². The Balaban J connectivity index is 2.63. The Hall–Kier alpha value is -1.29. The van der Waals surface area contributed by atoms with E-state index in [2.05, 4.69) is 0 Å². The van der Waals surface area contributed by atoms with Gasteiger partial charge in [0, 0.05) is 23.9 Å². The van der Waals surface area contributed by atoms with Crippen LogP contribution in [0.25, 0.3) is 0 Å². The largest absolute Gasteiger partial charge is 0.326 e. The van der Waals surface area contributed by atoms with Gasteiger partial charge in [-0.3, -0.25) is 4.79 Å². The van der Waals surface area contributed by atoms with Crippen LogP contribution < -0.4 is 5.73 Å². The number of hydrogen-bond donors (Lipinski definition) is 1. The number of nitrogens with two attached hydrogens (primary N) is 1. The Kier molecular flexibility index (Phi) is 4.34. The number of benzene rings is 1. The Morgan fingerprint density at radius 1 is 1.29 bits per heavy atom. The summed E-state index contributed by atoms with van der Waals surface area (Å²) >= 11 is 0. The molecule has 0 radical (unpaired) electrons. The van der Waals surface area contributed by atoms with Crippen molar-refractivity contribution < 1.29 is 13.6 Å². The monoisotopic (exact) mass is 241 g/mol. The fraction of sp³-hybridized carbons (Fsp3) is 0.462. The second kappa shape index (κ2) is 5.36. The second-order valence-electron chi connectivity index (χ2n) is 4.90. The molecule has 0 amide bonds. The summed E-state index contributed by atoms with van der Waals surface area (Å²) in [6.07, 6.45) is 0.522. The minimum Gasteiger partial charge on any atom is -0.326 e. The van der Waals surface area contributed by atoms with Gasteiger partial charge in [-0.2, -0.15) is 0 Å². The number of ketones is 1. The lowest BCUT2D eigenvalue weighted by molar-refractivity contribution is -0.118. The van der Waals surface area contributed by atoms with Gasteiger partial charge in [-0.15, -0.1) is 0 Å². The van der Waals surface area contributed by atoms with Crippen LogP contribution in [0, 0.1) is 11.6 Å². The summed E-state index contributed by atoms with van der Waals surface area (Å²) in [5, 5.41) is 0. The van der Waals surface area contributed by atoms with Crippen molar-refractivity contribution in [2.75, 3.05) is 0 Å².